The number of aryl methyl sites for hydroxylation is 1. The number of para-hydroxylation sites is 2. The van der Waals surface area contributed by atoms with Crippen LogP contribution < -0.4 is 24.8 Å². The van der Waals surface area contributed by atoms with Crippen molar-refractivity contribution in [2.24, 2.45) is 0 Å². The van der Waals surface area contributed by atoms with Crippen molar-refractivity contribution in [2.75, 3.05) is 26.6 Å². The van der Waals surface area contributed by atoms with Gasteiger partial charge in [-0.1, -0.05) is 42.5 Å². The van der Waals surface area contributed by atoms with Gasteiger partial charge in [-0.3, -0.25) is 9.59 Å². The molecule has 206 valence electrons. The Morgan fingerprint density at radius 3 is 2.27 bits per heavy atom. The summed E-state index contributed by atoms with van der Waals surface area (Å²) in [6, 6.07) is 21.0. The summed E-state index contributed by atoms with van der Waals surface area (Å²) >= 11 is 0. The summed E-state index contributed by atoms with van der Waals surface area (Å²) in [4.78, 5) is 27.9. The number of dihydropyridines is 1. The zero-order valence-corrected chi connectivity index (χ0v) is 23.5. The molecule has 0 spiro atoms. The van der Waals surface area contributed by atoms with E-state index in [0.29, 0.717) is 46.9 Å². The Hall–Kier alpha value is -4.52. The fraction of sp³-hybridized carbons (Fsp3) is 0.273. The Bertz CT molecular complexity index is 1540. The number of allylic oxidation sites excluding steroid dienone is 3. The number of nitrogens with one attached hydrogen (secondary N) is 2. The van der Waals surface area contributed by atoms with Gasteiger partial charge in [0.25, 0.3) is 5.91 Å². The fourth-order valence-electron chi connectivity index (χ4n) is 5.84. The van der Waals surface area contributed by atoms with Gasteiger partial charge in [0.05, 0.1) is 27.0 Å². The van der Waals surface area contributed by atoms with Crippen molar-refractivity contribution in [3.8, 4) is 17.2 Å². The van der Waals surface area contributed by atoms with E-state index < -0.39 is 5.92 Å². The first-order valence-electron chi connectivity index (χ1n) is 13.3. The van der Waals surface area contributed by atoms with Gasteiger partial charge in [-0.2, -0.15) is 0 Å². The van der Waals surface area contributed by atoms with Crippen molar-refractivity contribution in [3.05, 3.63) is 106 Å². The van der Waals surface area contributed by atoms with E-state index in [1.54, 1.807) is 33.5 Å². The average Bonchev–Trinajstić information content (AvgIpc) is 2.96. The lowest BCUT2D eigenvalue weighted by atomic mass is 9.71. The van der Waals surface area contributed by atoms with Crippen LogP contribution in [-0.2, 0) is 9.59 Å². The average molecular weight is 539 g/mol. The molecular formula is C33H34N2O5. The van der Waals surface area contributed by atoms with Crippen LogP contribution in [0, 0.1) is 6.92 Å². The zero-order chi connectivity index (χ0) is 28.4. The minimum atomic E-state index is -0.494. The number of hydrogen-bond acceptors (Lipinski definition) is 6. The third kappa shape index (κ3) is 4.95. The zero-order valence-electron chi connectivity index (χ0n) is 23.5. The van der Waals surface area contributed by atoms with Crippen LogP contribution in [0.5, 0.6) is 17.2 Å². The molecule has 40 heavy (non-hydrogen) atoms. The van der Waals surface area contributed by atoms with Crippen LogP contribution in [0.3, 0.4) is 0 Å². The number of ketones is 1. The maximum Gasteiger partial charge on any atom is 0.254 e. The van der Waals surface area contributed by atoms with E-state index in [-0.39, 0.29) is 17.6 Å². The molecule has 0 unspecified atom stereocenters. The molecule has 1 aliphatic carbocycles. The lowest BCUT2D eigenvalue weighted by Crippen LogP contribution is -2.37. The molecule has 0 fully saturated rings. The van der Waals surface area contributed by atoms with Crippen LogP contribution in [0.25, 0.3) is 0 Å². The number of ether oxygens (including phenoxy) is 3. The summed E-state index contributed by atoms with van der Waals surface area (Å²) in [6.07, 6.45) is 0.969. The Morgan fingerprint density at radius 2 is 1.55 bits per heavy atom. The second-order valence-electron chi connectivity index (χ2n) is 10.1. The van der Waals surface area contributed by atoms with Crippen LogP contribution in [-0.4, -0.2) is 33.0 Å². The number of carbonyl (C=O) groups excluding carboxylic acids is 2. The number of carbonyl (C=O) groups is 2. The number of rotatable bonds is 7. The van der Waals surface area contributed by atoms with Gasteiger partial charge in [-0.25, -0.2) is 0 Å². The first-order chi connectivity index (χ1) is 19.4. The molecule has 1 heterocycles. The molecule has 3 aromatic carbocycles. The van der Waals surface area contributed by atoms with Crippen molar-refractivity contribution < 1.29 is 23.8 Å². The normalized spacial score (nSPS) is 18.6. The third-order valence-electron chi connectivity index (χ3n) is 7.81. The van der Waals surface area contributed by atoms with Crippen molar-refractivity contribution in [3.63, 3.8) is 0 Å². The van der Waals surface area contributed by atoms with Crippen molar-refractivity contribution >= 4 is 17.4 Å². The molecule has 1 amide bonds. The number of hydrogen-bond donors (Lipinski definition) is 2. The predicted octanol–water partition coefficient (Wildman–Crippen LogP) is 6.02. The van der Waals surface area contributed by atoms with Gasteiger partial charge in [-0.15, -0.1) is 0 Å². The van der Waals surface area contributed by atoms with Gasteiger partial charge >= 0.3 is 0 Å². The highest BCUT2D eigenvalue weighted by Gasteiger charge is 2.41. The lowest BCUT2D eigenvalue weighted by Gasteiger charge is -2.37. The SMILES string of the molecule is COc1ccccc1NC(=O)C1=C(C)NC2=C(C(=O)C[C@H](c3ccc(OC)c(OC)c3)C2)[C@@H]1c1ccccc1C. The second-order valence-corrected chi connectivity index (χ2v) is 10.1. The summed E-state index contributed by atoms with van der Waals surface area (Å²) in [5.41, 5.74) is 6.30. The smallest absolute Gasteiger partial charge is 0.254 e. The van der Waals surface area contributed by atoms with Crippen LogP contribution in [0.4, 0.5) is 5.69 Å². The number of methoxy groups -OCH3 is 3. The third-order valence-corrected chi connectivity index (χ3v) is 7.81. The van der Waals surface area contributed by atoms with Crippen molar-refractivity contribution in [1.29, 1.82) is 0 Å². The van der Waals surface area contributed by atoms with Gasteiger partial charge < -0.3 is 24.8 Å². The van der Waals surface area contributed by atoms with Crippen LogP contribution >= 0.6 is 0 Å². The number of Topliss-reactive ketones (excluding diaryl/α,β-unsaturated/α-hetero) is 1. The summed E-state index contributed by atoms with van der Waals surface area (Å²) < 4.78 is 16.4. The summed E-state index contributed by atoms with van der Waals surface area (Å²) in [7, 11) is 4.78. The van der Waals surface area contributed by atoms with Gasteiger partial charge in [0, 0.05) is 34.9 Å². The van der Waals surface area contributed by atoms with E-state index in [1.807, 2.05) is 68.4 Å². The number of anilines is 1. The summed E-state index contributed by atoms with van der Waals surface area (Å²) in [6.45, 7) is 3.92. The van der Waals surface area contributed by atoms with E-state index in [2.05, 4.69) is 10.6 Å². The molecule has 2 aliphatic rings. The van der Waals surface area contributed by atoms with Gasteiger partial charge in [0.1, 0.15) is 5.75 Å². The Balaban J connectivity index is 1.56. The van der Waals surface area contributed by atoms with Gasteiger partial charge in [0.15, 0.2) is 17.3 Å². The molecule has 0 radical (unpaired) electrons. The van der Waals surface area contributed by atoms with E-state index in [0.717, 1.165) is 28.1 Å². The number of benzene rings is 3. The summed E-state index contributed by atoms with van der Waals surface area (Å²) in [5, 5.41) is 6.48. The quantitative estimate of drug-likeness (QED) is 0.383. The van der Waals surface area contributed by atoms with E-state index in [4.69, 9.17) is 14.2 Å². The Kier molecular flexibility index (Phi) is 7.65. The maximum absolute atomic E-state index is 14.0. The van der Waals surface area contributed by atoms with E-state index in [1.165, 1.54) is 0 Å². The van der Waals surface area contributed by atoms with Crippen LogP contribution in [0.1, 0.15) is 48.3 Å². The highest BCUT2D eigenvalue weighted by atomic mass is 16.5. The molecule has 2 N–H and O–H groups in total. The van der Waals surface area contributed by atoms with Crippen molar-refractivity contribution in [1.82, 2.24) is 5.32 Å². The van der Waals surface area contributed by atoms with E-state index >= 15 is 0 Å². The Labute approximate surface area is 234 Å². The standard InChI is InChI=1S/C33H34N2O5/c1-19-10-6-7-11-23(19)31-30(33(37)35-24-12-8-9-13-27(24)38-3)20(2)34-25-16-22(17-26(36)32(25)31)21-14-15-28(39-4)29(18-21)40-5/h6-15,18,22,31,34H,16-17H2,1-5H3,(H,35,37)/t22-,31-/m1/s1. The van der Waals surface area contributed by atoms with Gasteiger partial charge in [0.2, 0.25) is 0 Å². The molecule has 0 saturated carbocycles. The minimum Gasteiger partial charge on any atom is -0.495 e. The molecule has 0 bridgehead atoms. The first kappa shape index (κ1) is 27.1. The van der Waals surface area contributed by atoms with Crippen LogP contribution in [0.2, 0.25) is 0 Å². The molecule has 0 saturated heterocycles. The Morgan fingerprint density at radius 1 is 0.850 bits per heavy atom. The lowest BCUT2D eigenvalue weighted by molar-refractivity contribution is -0.116. The first-order valence-corrected chi connectivity index (χ1v) is 13.3. The van der Waals surface area contributed by atoms with Crippen molar-refractivity contribution in [2.45, 2.75) is 38.5 Å². The molecule has 1 aliphatic heterocycles. The predicted molar refractivity (Wildman–Crippen MR) is 155 cm³/mol. The minimum absolute atomic E-state index is 0.0249. The molecule has 0 aromatic heterocycles. The molecule has 7 nitrogen and oxygen atoms in total. The largest absolute Gasteiger partial charge is 0.495 e. The molecule has 3 aromatic rings. The molecule has 5 rings (SSSR count). The molecule has 2 atom stereocenters. The number of amides is 1. The van der Waals surface area contributed by atoms with E-state index in [9.17, 15) is 9.59 Å². The highest BCUT2D eigenvalue weighted by Crippen LogP contribution is 2.47. The topological polar surface area (TPSA) is 85.9 Å². The summed E-state index contributed by atoms with van der Waals surface area (Å²) in [5.74, 6) is 1.07. The monoisotopic (exact) mass is 538 g/mol. The van der Waals surface area contributed by atoms with Gasteiger partial charge in [-0.05, 0) is 67.1 Å². The maximum atomic E-state index is 14.0. The second kappa shape index (κ2) is 11.3. The fourth-order valence-corrected chi connectivity index (χ4v) is 5.84. The highest BCUT2D eigenvalue weighted by molar-refractivity contribution is 6.10. The molecular weight excluding hydrogens is 504 g/mol. The molecule has 7 heteroatoms. The van der Waals surface area contributed by atoms with Crippen LogP contribution in [0.15, 0.2) is 89.3 Å².